The van der Waals surface area contributed by atoms with Crippen molar-refractivity contribution in [1.29, 1.82) is 0 Å². The lowest BCUT2D eigenvalue weighted by atomic mass is 10.2. The zero-order valence-electron chi connectivity index (χ0n) is 14.6. The predicted octanol–water partition coefficient (Wildman–Crippen LogP) is 2.85. The van der Waals surface area contributed by atoms with E-state index in [9.17, 15) is 9.50 Å². The average Bonchev–Trinajstić information content (AvgIpc) is 2.62. The summed E-state index contributed by atoms with van der Waals surface area (Å²) in [6.45, 7) is 3.09. The highest BCUT2D eigenvalue weighted by Gasteiger charge is 2.13. The van der Waals surface area contributed by atoms with Crippen molar-refractivity contribution >= 4 is 0 Å². The SMILES string of the molecule is COCCN(Cc1ccc(F)cc1)C[C@@H](O)COCc1ccccc1. The predicted molar refractivity (Wildman–Crippen MR) is 95.7 cm³/mol. The summed E-state index contributed by atoms with van der Waals surface area (Å²) in [5, 5.41) is 10.3. The van der Waals surface area contributed by atoms with E-state index < -0.39 is 6.10 Å². The van der Waals surface area contributed by atoms with E-state index in [1.807, 2.05) is 30.3 Å². The molecule has 0 fully saturated rings. The lowest BCUT2D eigenvalue weighted by molar-refractivity contribution is 0.00479. The van der Waals surface area contributed by atoms with Crippen molar-refractivity contribution < 1.29 is 19.0 Å². The third kappa shape index (κ3) is 7.75. The molecule has 2 aromatic rings. The van der Waals surface area contributed by atoms with Crippen molar-refractivity contribution in [2.75, 3.05) is 33.4 Å². The number of benzene rings is 2. The van der Waals surface area contributed by atoms with Gasteiger partial charge in [0.15, 0.2) is 0 Å². The van der Waals surface area contributed by atoms with Crippen molar-refractivity contribution in [1.82, 2.24) is 4.90 Å². The van der Waals surface area contributed by atoms with E-state index in [1.165, 1.54) is 12.1 Å². The van der Waals surface area contributed by atoms with Gasteiger partial charge in [0, 0.05) is 26.7 Å². The van der Waals surface area contributed by atoms with Crippen LogP contribution in [-0.2, 0) is 22.6 Å². The second-order valence-electron chi connectivity index (χ2n) is 6.01. The van der Waals surface area contributed by atoms with Gasteiger partial charge in [0.1, 0.15) is 5.82 Å². The minimum absolute atomic E-state index is 0.249. The van der Waals surface area contributed by atoms with Crippen LogP contribution >= 0.6 is 0 Å². The summed E-state index contributed by atoms with van der Waals surface area (Å²) in [6.07, 6.45) is -0.596. The Labute approximate surface area is 148 Å². The largest absolute Gasteiger partial charge is 0.389 e. The summed E-state index contributed by atoms with van der Waals surface area (Å²) in [5.41, 5.74) is 2.08. The number of aliphatic hydroxyl groups is 1. The number of methoxy groups -OCH3 is 1. The molecule has 0 saturated heterocycles. The van der Waals surface area contributed by atoms with Crippen molar-refractivity contribution in [3.8, 4) is 0 Å². The summed E-state index contributed by atoms with van der Waals surface area (Å²) in [4.78, 5) is 2.08. The third-order valence-electron chi connectivity index (χ3n) is 3.82. The molecule has 25 heavy (non-hydrogen) atoms. The lowest BCUT2D eigenvalue weighted by Crippen LogP contribution is -2.36. The van der Waals surface area contributed by atoms with Crippen molar-refractivity contribution in [3.63, 3.8) is 0 Å². The van der Waals surface area contributed by atoms with Crippen LogP contribution in [0.1, 0.15) is 11.1 Å². The van der Waals surface area contributed by atoms with Gasteiger partial charge in [-0.05, 0) is 23.3 Å². The van der Waals surface area contributed by atoms with Gasteiger partial charge in [-0.25, -0.2) is 4.39 Å². The molecule has 1 N–H and O–H groups in total. The molecule has 0 spiro atoms. The van der Waals surface area contributed by atoms with E-state index >= 15 is 0 Å². The Morgan fingerprint density at radius 3 is 2.44 bits per heavy atom. The molecule has 0 aliphatic heterocycles. The van der Waals surface area contributed by atoms with Crippen LogP contribution in [0, 0.1) is 5.82 Å². The Kier molecular flexibility index (Phi) is 8.55. The minimum atomic E-state index is -0.596. The zero-order chi connectivity index (χ0) is 17.9. The fourth-order valence-electron chi connectivity index (χ4n) is 2.54. The van der Waals surface area contributed by atoms with Crippen LogP contribution in [0.3, 0.4) is 0 Å². The average molecular weight is 347 g/mol. The van der Waals surface area contributed by atoms with Crippen molar-refractivity contribution in [2.24, 2.45) is 0 Å². The molecule has 0 bridgehead atoms. The lowest BCUT2D eigenvalue weighted by Gasteiger charge is -2.25. The van der Waals surface area contributed by atoms with E-state index in [0.717, 1.165) is 11.1 Å². The number of aliphatic hydroxyl groups excluding tert-OH is 1. The van der Waals surface area contributed by atoms with Crippen LogP contribution in [0.4, 0.5) is 4.39 Å². The zero-order valence-corrected chi connectivity index (χ0v) is 14.6. The van der Waals surface area contributed by atoms with Crippen molar-refractivity contribution in [2.45, 2.75) is 19.3 Å². The summed E-state index contributed by atoms with van der Waals surface area (Å²) in [5.74, 6) is -0.249. The number of hydrogen-bond acceptors (Lipinski definition) is 4. The molecular formula is C20H26FNO3. The standard InChI is InChI=1S/C20H26FNO3/c1-24-12-11-22(13-17-7-9-19(21)10-8-17)14-20(23)16-25-15-18-5-3-2-4-6-18/h2-10,20,23H,11-16H2,1H3/t20-/m1/s1. The smallest absolute Gasteiger partial charge is 0.123 e. The van der Waals surface area contributed by atoms with Gasteiger partial charge in [-0.3, -0.25) is 4.90 Å². The first kappa shape index (κ1) is 19.5. The molecule has 0 heterocycles. The van der Waals surface area contributed by atoms with E-state index in [-0.39, 0.29) is 12.4 Å². The highest BCUT2D eigenvalue weighted by molar-refractivity contribution is 5.16. The van der Waals surface area contributed by atoms with Gasteiger partial charge in [-0.2, -0.15) is 0 Å². The van der Waals surface area contributed by atoms with Crippen LogP contribution in [0.25, 0.3) is 0 Å². The van der Waals surface area contributed by atoms with Gasteiger partial charge < -0.3 is 14.6 Å². The van der Waals surface area contributed by atoms with E-state index in [0.29, 0.717) is 32.8 Å². The molecule has 0 saturated carbocycles. The van der Waals surface area contributed by atoms with Crippen LogP contribution in [-0.4, -0.2) is 49.5 Å². The monoisotopic (exact) mass is 347 g/mol. The number of nitrogens with zero attached hydrogens (tertiary/aromatic N) is 1. The van der Waals surface area contributed by atoms with Crippen LogP contribution in [0.5, 0.6) is 0 Å². The topological polar surface area (TPSA) is 41.9 Å². The molecule has 136 valence electrons. The minimum Gasteiger partial charge on any atom is -0.389 e. The molecule has 4 nitrogen and oxygen atoms in total. The van der Waals surface area contributed by atoms with E-state index in [2.05, 4.69) is 4.90 Å². The molecule has 2 aromatic carbocycles. The molecule has 0 aliphatic rings. The molecule has 0 aliphatic carbocycles. The fourth-order valence-corrected chi connectivity index (χ4v) is 2.54. The van der Waals surface area contributed by atoms with Gasteiger partial charge in [0.25, 0.3) is 0 Å². The second-order valence-corrected chi connectivity index (χ2v) is 6.01. The van der Waals surface area contributed by atoms with Gasteiger partial charge in [-0.1, -0.05) is 42.5 Å². The molecule has 0 aromatic heterocycles. The maximum Gasteiger partial charge on any atom is 0.123 e. The van der Waals surface area contributed by atoms with Gasteiger partial charge in [-0.15, -0.1) is 0 Å². The Balaban J connectivity index is 1.79. The number of ether oxygens (including phenoxy) is 2. The molecule has 0 amide bonds. The Morgan fingerprint density at radius 1 is 1.04 bits per heavy atom. The second kappa shape index (κ2) is 10.9. The molecule has 5 heteroatoms. The molecule has 1 atom stereocenters. The highest BCUT2D eigenvalue weighted by atomic mass is 19.1. The van der Waals surface area contributed by atoms with E-state index in [4.69, 9.17) is 9.47 Å². The fraction of sp³-hybridized carbons (Fsp3) is 0.400. The van der Waals surface area contributed by atoms with Gasteiger partial charge >= 0.3 is 0 Å². The first-order chi connectivity index (χ1) is 12.2. The summed E-state index contributed by atoms with van der Waals surface area (Å²) < 4.78 is 23.8. The van der Waals surface area contributed by atoms with Crippen LogP contribution in [0.15, 0.2) is 54.6 Å². The third-order valence-corrected chi connectivity index (χ3v) is 3.82. The van der Waals surface area contributed by atoms with Crippen molar-refractivity contribution in [3.05, 3.63) is 71.5 Å². The summed E-state index contributed by atoms with van der Waals surface area (Å²) in [6, 6.07) is 16.3. The normalized spacial score (nSPS) is 12.5. The van der Waals surface area contributed by atoms with E-state index in [1.54, 1.807) is 19.2 Å². The Morgan fingerprint density at radius 2 is 1.76 bits per heavy atom. The highest BCUT2D eigenvalue weighted by Crippen LogP contribution is 2.08. The Hall–Kier alpha value is -1.79. The number of rotatable bonds is 11. The molecule has 0 unspecified atom stereocenters. The molecule has 0 radical (unpaired) electrons. The van der Waals surface area contributed by atoms with Crippen LogP contribution in [0.2, 0.25) is 0 Å². The molecule has 2 rings (SSSR count). The molecular weight excluding hydrogens is 321 g/mol. The van der Waals surface area contributed by atoms with Gasteiger partial charge in [0.2, 0.25) is 0 Å². The van der Waals surface area contributed by atoms with Crippen LogP contribution < -0.4 is 0 Å². The maximum absolute atomic E-state index is 13.0. The number of hydrogen-bond donors (Lipinski definition) is 1. The maximum atomic E-state index is 13.0. The summed E-state index contributed by atoms with van der Waals surface area (Å²) >= 11 is 0. The number of halogens is 1. The Bertz CT molecular complexity index is 592. The quantitative estimate of drug-likeness (QED) is 0.679. The van der Waals surface area contributed by atoms with Gasteiger partial charge in [0.05, 0.1) is 25.9 Å². The first-order valence-corrected chi connectivity index (χ1v) is 8.43. The summed E-state index contributed by atoms with van der Waals surface area (Å²) in [7, 11) is 1.65. The first-order valence-electron chi connectivity index (χ1n) is 8.43.